The molecule has 1 aliphatic rings. The Morgan fingerprint density at radius 3 is 2.71 bits per heavy atom. The van der Waals surface area contributed by atoms with Crippen LogP contribution < -0.4 is 9.80 Å². The Kier molecular flexibility index (Phi) is 4.82. The van der Waals surface area contributed by atoms with Gasteiger partial charge in [0.1, 0.15) is 5.82 Å². The lowest BCUT2D eigenvalue weighted by Crippen LogP contribution is -2.46. The molecule has 1 aliphatic heterocycles. The number of carbonyl (C=O) groups is 1. The van der Waals surface area contributed by atoms with Gasteiger partial charge in [-0.15, -0.1) is 10.2 Å². The number of carboxylic acids is 1. The van der Waals surface area contributed by atoms with Crippen molar-refractivity contribution < 1.29 is 18.8 Å². The maximum atomic E-state index is 13.5. The Balaban J connectivity index is 1.42. The molecule has 2 aromatic heterocycles. The van der Waals surface area contributed by atoms with Crippen LogP contribution in [0.5, 0.6) is 0 Å². The van der Waals surface area contributed by atoms with E-state index in [2.05, 4.69) is 20.6 Å². The summed E-state index contributed by atoms with van der Waals surface area (Å²) in [4.78, 5) is 15.7. The van der Waals surface area contributed by atoms with E-state index in [1.54, 1.807) is 12.1 Å². The van der Waals surface area contributed by atoms with Crippen LogP contribution in [0.15, 0.2) is 28.8 Å². The largest absolute Gasteiger partial charge is 0.480 e. The van der Waals surface area contributed by atoms with Crippen molar-refractivity contribution >= 4 is 29.1 Å². The molecule has 0 atom stereocenters. The third-order valence-electron chi connectivity index (χ3n) is 4.30. The predicted molar refractivity (Wildman–Crippen MR) is 96.8 cm³/mol. The molecule has 12 heteroatoms. The van der Waals surface area contributed by atoms with Gasteiger partial charge in [-0.25, -0.2) is 4.39 Å². The Labute approximate surface area is 163 Å². The summed E-state index contributed by atoms with van der Waals surface area (Å²) in [5.74, 6) is -0.341. The minimum atomic E-state index is -1.07. The highest BCUT2D eigenvalue weighted by Gasteiger charge is 2.23. The summed E-state index contributed by atoms with van der Waals surface area (Å²) in [7, 11) is 0. The van der Waals surface area contributed by atoms with Crippen molar-refractivity contribution in [1.82, 2.24) is 25.4 Å². The highest BCUT2D eigenvalue weighted by molar-refractivity contribution is 6.33. The van der Waals surface area contributed by atoms with E-state index in [4.69, 9.17) is 21.2 Å². The van der Waals surface area contributed by atoms with E-state index in [1.165, 1.54) is 12.1 Å². The number of nitrogens with zero attached hydrogens (tertiary/aromatic N) is 7. The van der Waals surface area contributed by atoms with Gasteiger partial charge in [0.2, 0.25) is 11.6 Å². The fourth-order valence-electron chi connectivity index (χ4n) is 2.95. The average molecular weight is 408 g/mol. The number of aliphatic carboxylic acids is 1. The number of hydrogen-bond acceptors (Lipinski definition) is 8. The molecule has 0 saturated carbocycles. The smallest absolute Gasteiger partial charge is 0.327 e. The SMILES string of the molecule is O=C(O)Cn1nnc(-c2cc(N3CCN(c4cc(F)ccc4Cl)CC3)no2)n1. The van der Waals surface area contributed by atoms with Crippen LogP contribution >= 0.6 is 11.6 Å². The molecule has 10 nitrogen and oxygen atoms in total. The lowest BCUT2D eigenvalue weighted by molar-refractivity contribution is -0.138. The number of piperazine rings is 1. The molecule has 1 fully saturated rings. The van der Waals surface area contributed by atoms with E-state index in [9.17, 15) is 9.18 Å². The number of benzene rings is 1. The van der Waals surface area contributed by atoms with Crippen LogP contribution in [-0.4, -0.2) is 62.6 Å². The third kappa shape index (κ3) is 3.74. The zero-order valence-corrected chi connectivity index (χ0v) is 15.3. The lowest BCUT2D eigenvalue weighted by Gasteiger charge is -2.36. The Morgan fingerprint density at radius 2 is 1.96 bits per heavy atom. The maximum Gasteiger partial charge on any atom is 0.327 e. The molecule has 0 bridgehead atoms. The number of anilines is 2. The van der Waals surface area contributed by atoms with Crippen molar-refractivity contribution in [1.29, 1.82) is 0 Å². The molecule has 0 radical (unpaired) electrons. The molecular weight excluding hydrogens is 393 g/mol. The van der Waals surface area contributed by atoms with Gasteiger partial charge in [0, 0.05) is 32.2 Å². The molecular formula is C16H15ClFN7O3. The van der Waals surface area contributed by atoms with Crippen molar-refractivity contribution in [2.75, 3.05) is 36.0 Å². The molecule has 3 heterocycles. The highest BCUT2D eigenvalue weighted by atomic mass is 35.5. The van der Waals surface area contributed by atoms with Crippen molar-refractivity contribution in [3.63, 3.8) is 0 Å². The zero-order chi connectivity index (χ0) is 19.7. The van der Waals surface area contributed by atoms with Gasteiger partial charge in [-0.1, -0.05) is 16.8 Å². The van der Waals surface area contributed by atoms with Crippen molar-refractivity contribution in [2.24, 2.45) is 0 Å². The Hall–Kier alpha value is -3.21. The number of halogens is 2. The van der Waals surface area contributed by atoms with Crippen LogP contribution in [0.4, 0.5) is 15.9 Å². The summed E-state index contributed by atoms with van der Waals surface area (Å²) < 4.78 is 18.8. The Bertz CT molecular complexity index is 1000. The molecule has 0 amide bonds. The van der Waals surface area contributed by atoms with Gasteiger partial charge >= 0.3 is 5.97 Å². The number of tetrazole rings is 1. The van der Waals surface area contributed by atoms with E-state index < -0.39 is 12.5 Å². The fourth-order valence-corrected chi connectivity index (χ4v) is 3.19. The summed E-state index contributed by atoms with van der Waals surface area (Å²) in [6, 6.07) is 5.98. The van der Waals surface area contributed by atoms with Crippen LogP contribution in [0.3, 0.4) is 0 Å². The summed E-state index contributed by atoms with van der Waals surface area (Å²) >= 11 is 6.18. The molecule has 4 rings (SSSR count). The van der Waals surface area contributed by atoms with Crippen LogP contribution in [0.2, 0.25) is 5.02 Å². The van der Waals surface area contributed by atoms with Crippen LogP contribution in [-0.2, 0) is 11.3 Å². The number of hydrogen-bond donors (Lipinski definition) is 1. The summed E-state index contributed by atoms with van der Waals surface area (Å²) in [5.41, 5.74) is 0.668. The molecule has 1 saturated heterocycles. The molecule has 0 aliphatic carbocycles. The summed E-state index contributed by atoms with van der Waals surface area (Å²) in [5, 5.41) is 24.7. The Morgan fingerprint density at radius 1 is 1.21 bits per heavy atom. The standard InChI is InChI=1S/C16H15ClFN7O3/c17-11-2-1-10(18)7-12(11)23-3-5-24(6-4-23)14-8-13(28-21-14)16-19-22-25(20-16)9-15(26)27/h1-2,7-8H,3-6,9H2,(H,26,27). The van der Waals surface area contributed by atoms with Gasteiger partial charge in [0.25, 0.3) is 0 Å². The molecule has 28 heavy (non-hydrogen) atoms. The van der Waals surface area contributed by atoms with E-state index in [0.29, 0.717) is 48.5 Å². The minimum absolute atomic E-state index is 0.158. The van der Waals surface area contributed by atoms with Gasteiger partial charge in [0.05, 0.1) is 10.7 Å². The third-order valence-corrected chi connectivity index (χ3v) is 4.62. The van der Waals surface area contributed by atoms with Crippen LogP contribution in [0.1, 0.15) is 0 Å². The second-order valence-corrected chi connectivity index (χ2v) is 6.56. The van der Waals surface area contributed by atoms with E-state index in [1.807, 2.05) is 9.80 Å². The highest BCUT2D eigenvalue weighted by Crippen LogP contribution is 2.29. The number of carboxylic acid groups (broad SMARTS) is 1. The van der Waals surface area contributed by atoms with Crippen molar-refractivity contribution in [3.05, 3.63) is 35.1 Å². The van der Waals surface area contributed by atoms with E-state index >= 15 is 0 Å². The fraction of sp³-hybridized carbons (Fsp3) is 0.312. The quantitative estimate of drug-likeness (QED) is 0.672. The first kappa shape index (κ1) is 18.2. The lowest BCUT2D eigenvalue weighted by atomic mass is 10.2. The van der Waals surface area contributed by atoms with Gasteiger partial charge < -0.3 is 19.4 Å². The first-order chi connectivity index (χ1) is 13.5. The number of aromatic nitrogens is 5. The van der Waals surface area contributed by atoms with Crippen LogP contribution in [0.25, 0.3) is 11.6 Å². The monoisotopic (exact) mass is 407 g/mol. The minimum Gasteiger partial charge on any atom is -0.480 e. The topological polar surface area (TPSA) is 113 Å². The molecule has 3 aromatic rings. The predicted octanol–water partition coefficient (Wildman–Crippen LogP) is 1.53. The number of rotatable bonds is 5. The summed E-state index contributed by atoms with van der Waals surface area (Å²) in [6.07, 6.45) is 0. The zero-order valence-electron chi connectivity index (χ0n) is 14.5. The average Bonchev–Trinajstić information content (AvgIpc) is 3.33. The summed E-state index contributed by atoms with van der Waals surface area (Å²) in [6.45, 7) is 2.16. The van der Waals surface area contributed by atoms with Crippen molar-refractivity contribution in [2.45, 2.75) is 6.54 Å². The second kappa shape index (κ2) is 7.43. The normalized spacial score (nSPS) is 14.5. The molecule has 146 valence electrons. The van der Waals surface area contributed by atoms with Gasteiger partial charge in [0.15, 0.2) is 12.4 Å². The molecule has 1 N–H and O–H groups in total. The molecule has 0 unspecified atom stereocenters. The molecule has 1 aromatic carbocycles. The van der Waals surface area contributed by atoms with Gasteiger partial charge in [-0.05, 0) is 23.4 Å². The second-order valence-electron chi connectivity index (χ2n) is 6.16. The maximum absolute atomic E-state index is 13.5. The first-order valence-corrected chi connectivity index (χ1v) is 8.79. The van der Waals surface area contributed by atoms with E-state index in [-0.39, 0.29) is 11.6 Å². The van der Waals surface area contributed by atoms with E-state index in [0.717, 1.165) is 4.80 Å². The van der Waals surface area contributed by atoms with Gasteiger partial charge in [-0.2, -0.15) is 4.80 Å². The van der Waals surface area contributed by atoms with Crippen molar-refractivity contribution in [3.8, 4) is 11.6 Å². The van der Waals surface area contributed by atoms with Gasteiger partial charge in [-0.3, -0.25) is 4.79 Å². The molecule has 0 spiro atoms. The van der Waals surface area contributed by atoms with Crippen LogP contribution in [0, 0.1) is 5.82 Å². The first-order valence-electron chi connectivity index (χ1n) is 8.41.